The second-order valence-electron chi connectivity index (χ2n) is 4.90. The second-order valence-corrected chi connectivity index (χ2v) is 7.05. The molecule has 1 aromatic carbocycles. The number of nitrogens with zero attached hydrogens (tertiary/aromatic N) is 2. The van der Waals surface area contributed by atoms with Gasteiger partial charge in [-0.1, -0.05) is 11.8 Å². The molecular weight excluding hydrogens is 350 g/mol. The molecule has 1 heterocycles. The van der Waals surface area contributed by atoms with Gasteiger partial charge in [-0.05, 0) is 25.5 Å². The Labute approximate surface area is 147 Å². The number of methoxy groups -OCH3 is 1. The summed E-state index contributed by atoms with van der Waals surface area (Å²) in [6.45, 7) is 2.87. The number of rotatable bonds is 8. The predicted octanol–water partition coefficient (Wildman–Crippen LogP) is 3.28. The molecule has 0 aliphatic heterocycles. The van der Waals surface area contributed by atoms with Crippen molar-refractivity contribution < 1.29 is 14.5 Å². The second kappa shape index (κ2) is 8.76. The molecule has 0 fully saturated rings. The van der Waals surface area contributed by atoms with Gasteiger partial charge in [0, 0.05) is 43.0 Å². The van der Waals surface area contributed by atoms with Gasteiger partial charge in [-0.2, -0.15) is 0 Å². The number of nitro benzene ring substituents is 1. The molecule has 1 N–H and O–H groups in total. The normalized spacial score (nSPS) is 10.6. The molecule has 0 unspecified atom stereocenters. The molecule has 9 heteroatoms. The number of nitrogens with one attached hydrogen (secondary N) is 1. The van der Waals surface area contributed by atoms with Gasteiger partial charge in [0.1, 0.15) is 0 Å². The number of nitro groups is 1. The van der Waals surface area contributed by atoms with Gasteiger partial charge in [0.05, 0.1) is 9.82 Å². The molecule has 2 rings (SSSR count). The molecule has 0 aliphatic rings. The summed E-state index contributed by atoms with van der Waals surface area (Å²) in [7, 11) is 1.59. The summed E-state index contributed by atoms with van der Waals surface area (Å²) >= 11 is 2.65. The molecule has 0 atom stereocenters. The molecule has 128 valence electrons. The van der Waals surface area contributed by atoms with E-state index in [2.05, 4.69) is 10.3 Å². The van der Waals surface area contributed by atoms with E-state index in [1.165, 1.54) is 29.2 Å². The Balaban J connectivity index is 2.13. The topological polar surface area (TPSA) is 94.4 Å². The van der Waals surface area contributed by atoms with Crippen LogP contribution in [-0.2, 0) is 4.74 Å². The lowest BCUT2D eigenvalue weighted by Gasteiger charge is -2.06. The summed E-state index contributed by atoms with van der Waals surface area (Å²) in [5.41, 5.74) is 1.04. The number of thiazole rings is 1. The number of hydrogen-bond acceptors (Lipinski definition) is 7. The Morgan fingerprint density at radius 1 is 1.50 bits per heavy atom. The van der Waals surface area contributed by atoms with Crippen LogP contribution >= 0.6 is 23.1 Å². The zero-order valence-corrected chi connectivity index (χ0v) is 14.9. The van der Waals surface area contributed by atoms with Crippen LogP contribution in [0.5, 0.6) is 0 Å². The molecule has 0 radical (unpaired) electrons. The zero-order chi connectivity index (χ0) is 17.5. The van der Waals surface area contributed by atoms with Crippen LogP contribution in [0.1, 0.15) is 22.5 Å². The highest BCUT2D eigenvalue weighted by Crippen LogP contribution is 2.36. The Hall–Kier alpha value is -1.97. The van der Waals surface area contributed by atoms with Crippen LogP contribution in [-0.4, -0.2) is 36.1 Å². The van der Waals surface area contributed by atoms with Gasteiger partial charge in [-0.25, -0.2) is 4.98 Å². The monoisotopic (exact) mass is 367 g/mol. The third kappa shape index (κ3) is 5.02. The van der Waals surface area contributed by atoms with E-state index in [9.17, 15) is 14.9 Å². The molecule has 2 aromatic rings. The van der Waals surface area contributed by atoms with Gasteiger partial charge in [-0.15, -0.1) is 11.3 Å². The number of aryl methyl sites for hydroxylation is 1. The molecule has 0 saturated heterocycles. The number of amides is 1. The lowest BCUT2D eigenvalue weighted by Crippen LogP contribution is -2.25. The Morgan fingerprint density at radius 3 is 2.92 bits per heavy atom. The molecule has 1 aromatic heterocycles. The predicted molar refractivity (Wildman–Crippen MR) is 92.9 cm³/mol. The van der Waals surface area contributed by atoms with E-state index in [1.807, 2.05) is 12.3 Å². The van der Waals surface area contributed by atoms with Gasteiger partial charge in [-0.3, -0.25) is 14.9 Å². The van der Waals surface area contributed by atoms with Crippen molar-refractivity contribution in [2.24, 2.45) is 0 Å². The number of ether oxygens (including phenoxy) is 1. The number of benzene rings is 1. The number of carbonyl (C=O) groups excluding carboxylic acids is 1. The van der Waals surface area contributed by atoms with E-state index in [1.54, 1.807) is 19.2 Å². The number of aromatic nitrogens is 1. The third-order valence-corrected chi connectivity index (χ3v) is 5.15. The minimum absolute atomic E-state index is 0.0996. The first-order chi connectivity index (χ1) is 11.5. The van der Waals surface area contributed by atoms with E-state index in [-0.39, 0.29) is 17.2 Å². The quantitative estimate of drug-likeness (QED) is 0.437. The van der Waals surface area contributed by atoms with Crippen molar-refractivity contribution >= 4 is 34.7 Å². The van der Waals surface area contributed by atoms with Crippen molar-refractivity contribution in [2.75, 3.05) is 20.3 Å². The van der Waals surface area contributed by atoms with E-state index in [0.29, 0.717) is 24.5 Å². The highest BCUT2D eigenvalue weighted by atomic mass is 32.2. The van der Waals surface area contributed by atoms with Crippen LogP contribution in [0.3, 0.4) is 0 Å². The van der Waals surface area contributed by atoms with E-state index < -0.39 is 4.92 Å². The van der Waals surface area contributed by atoms with Crippen molar-refractivity contribution in [3.8, 4) is 0 Å². The standard InChI is InChI=1S/C15H17N3O4S2/c1-10-9-23-15(17-10)24-13-5-4-11(8-12(13)18(20)21)14(19)16-6-3-7-22-2/h4-5,8-9H,3,6-7H2,1-2H3,(H,16,19). The molecule has 0 spiro atoms. The number of carbonyl (C=O) groups is 1. The Bertz CT molecular complexity index is 733. The Kier molecular flexibility index (Phi) is 6.71. The minimum atomic E-state index is -0.482. The van der Waals surface area contributed by atoms with Gasteiger partial charge >= 0.3 is 0 Å². The SMILES string of the molecule is COCCCNC(=O)c1ccc(Sc2nc(C)cs2)c([N+](=O)[O-])c1. The van der Waals surface area contributed by atoms with Crippen LogP contribution in [0, 0.1) is 17.0 Å². The van der Waals surface area contributed by atoms with Gasteiger partial charge < -0.3 is 10.1 Å². The lowest BCUT2D eigenvalue weighted by molar-refractivity contribution is -0.387. The largest absolute Gasteiger partial charge is 0.385 e. The van der Waals surface area contributed by atoms with Crippen molar-refractivity contribution in [1.29, 1.82) is 0 Å². The zero-order valence-electron chi connectivity index (χ0n) is 13.3. The first kappa shape index (κ1) is 18.4. The van der Waals surface area contributed by atoms with Crippen LogP contribution in [0.25, 0.3) is 0 Å². The van der Waals surface area contributed by atoms with E-state index in [4.69, 9.17) is 4.74 Å². The molecular formula is C15H17N3O4S2. The van der Waals surface area contributed by atoms with Crippen LogP contribution < -0.4 is 5.32 Å². The maximum atomic E-state index is 12.1. The van der Waals surface area contributed by atoms with Crippen LogP contribution in [0.15, 0.2) is 32.8 Å². The maximum absolute atomic E-state index is 12.1. The lowest BCUT2D eigenvalue weighted by atomic mass is 10.2. The third-order valence-electron chi connectivity index (χ3n) is 3.02. The fourth-order valence-electron chi connectivity index (χ4n) is 1.88. The van der Waals surface area contributed by atoms with Crippen molar-refractivity contribution in [2.45, 2.75) is 22.6 Å². The Morgan fingerprint density at radius 2 is 2.29 bits per heavy atom. The summed E-state index contributed by atoms with van der Waals surface area (Å²) in [5.74, 6) is -0.337. The summed E-state index contributed by atoms with van der Waals surface area (Å²) in [6, 6.07) is 4.47. The minimum Gasteiger partial charge on any atom is -0.385 e. The highest BCUT2D eigenvalue weighted by Gasteiger charge is 2.19. The summed E-state index contributed by atoms with van der Waals surface area (Å²) in [5, 5.41) is 15.9. The average Bonchev–Trinajstić information content (AvgIpc) is 2.96. The highest BCUT2D eigenvalue weighted by molar-refractivity contribution is 8.01. The van der Waals surface area contributed by atoms with Crippen molar-refractivity contribution in [3.63, 3.8) is 0 Å². The fourth-order valence-corrected chi connectivity index (χ4v) is 3.76. The van der Waals surface area contributed by atoms with E-state index in [0.717, 1.165) is 10.0 Å². The first-order valence-corrected chi connectivity index (χ1v) is 8.86. The van der Waals surface area contributed by atoms with Crippen LogP contribution in [0.2, 0.25) is 0 Å². The summed E-state index contributed by atoms with van der Waals surface area (Å²) < 4.78 is 5.63. The van der Waals surface area contributed by atoms with Crippen molar-refractivity contribution in [1.82, 2.24) is 10.3 Å². The summed E-state index contributed by atoms with van der Waals surface area (Å²) in [4.78, 5) is 27.7. The first-order valence-electron chi connectivity index (χ1n) is 7.17. The smallest absolute Gasteiger partial charge is 0.284 e. The van der Waals surface area contributed by atoms with Gasteiger partial charge in [0.15, 0.2) is 4.34 Å². The van der Waals surface area contributed by atoms with E-state index >= 15 is 0 Å². The molecule has 7 nitrogen and oxygen atoms in total. The van der Waals surface area contributed by atoms with Crippen molar-refractivity contribution in [3.05, 3.63) is 45.0 Å². The van der Waals surface area contributed by atoms with Gasteiger partial charge in [0.25, 0.3) is 11.6 Å². The van der Waals surface area contributed by atoms with Gasteiger partial charge in [0.2, 0.25) is 0 Å². The maximum Gasteiger partial charge on any atom is 0.284 e. The fraction of sp³-hybridized carbons (Fsp3) is 0.333. The number of hydrogen-bond donors (Lipinski definition) is 1. The molecule has 1 amide bonds. The van der Waals surface area contributed by atoms with Crippen LogP contribution in [0.4, 0.5) is 5.69 Å². The molecule has 24 heavy (non-hydrogen) atoms. The molecule has 0 aliphatic carbocycles. The molecule has 0 saturated carbocycles. The molecule has 0 bridgehead atoms. The average molecular weight is 367 g/mol. The summed E-state index contributed by atoms with van der Waals surface area (Å²) in [6.07, 6.45) is 0.682.